The largest absolute Gasteiger partial charge is 0.351 e. The van der Waals surface area contributed by atoms with E-state index in [9.17, 15) is 4.79 Å². The van der Waals surface area contributed by atoms with Gasteiger partial charge in [0.1, 0.15) is 6.04 Å². The van der Waals surface area contributed by atoms with Crippen molar-refractivity contribution in [3.63, 3.8) is 0 Å². The number of nitrogens with zero attached hydrogens (tertiary/aromatic N) is 1. The number of nitrogens with one attached hydrogen (secondary N) is 1. The van der Waals surface area contributed by atoms with Gasteiger partial charge >= 0.3 is 0 Å². The molecule has 0 aliphatic carbocycles. The van der Waals surface area contributed by atoms with E-state index in [0.29, 0.717) is 6.54 Å². The average Bonchev–Trinajstić information content (AvgIpc) is 2.04. The minimum Gasteiger partial charge on any atom is -0.351 e. The number of piperazine rings is 1. The fraction of sp³-hybridized carbons (Fsp3) is 0.889. The Morgan fingerprint density at radius 1 is 1.69 bits per heavy atom. The van der Waals surface area contributed by atoms with Crippen molar-refractivity contribution in [3.05, 3.63) is 0 Å². The van der Waals surface area contributed by atoms with Crippen LogP contribution in [0.5, 0.6) is 0 Å². The number of rotatable bonds is 3. The summed E-state index contributed by atoms with van der Waals surface area (Å²) in [6, 6.07) is 0.137. The van der Waals surface area contributed by atoms with Crippen LogP contribution in [0.3, 0.4) is 0 Å². The van der Waals surface area contributed by atoms with E-state index in [-0.39, 0.29) is 18.0 Å². The van der Waals surface area contributed by atoms with Crippen molar-refractivity contribution in [2.24, 2.45) is 5.73 Å². The van der Waals surface area contributed by atoms with Gasteiger partial charge in [0.2, 0.25) is 5.91 Å². The van der Waals surface area contributed by atoms with Crippen molar-refractivity contribution in [1.82, 2.24) is 10.2 Å². The molecule has 1 saturated heterocycles. The zero-order valence-electron chi connectivity index (χ0n) is 8.42. The van der Waals surface area contributed by atoms with E-state index >= 15 is 0 Å². The molecule has 0 radical (unpaired) electrons. The van der Waals surface area contributed by atoms with E-state index in [1.54, 1.807) is 0 Å². The molecule has 4 nitrogen and oxygen atoms in total. The van der Waals surface area contributed by atoms with Crippen molar-refractivity contribution >= 4 is 5.91 Å². The number of hydrogen-bond acceptors (Lipinski definition) is 3. The van der Waals surface area contributed by atoms with Crippen LogP contribution in [-0.2, 0) is 4.79 Å². The van der Waals surface area contributed by atoms with Crippen LogP contribution in [0, 0.1) is 0 Å². The van der Waals surface area contributed by atoms with Gasteiger partial charge in [-0.05, 0) is 19.9 Å². The molecule has 0 bridgehead atoms. The molecule has 4 heteroatoms. The molecule has 1 aliphatic rings. The Hall–Kier alpha value is -0.610. The van der Waals surface area contributed by atoms with E-state index in [4.69, 9.17) is 5.73 Å². The Bertz CT molecular complexity index is 184. The number of carbonyl (C=O) groups excluding carboxylic acids is 1. The molecular formula is C9H19N3O. The highest BCUT2D eigenvalue weighted by atomic mass is 16.2. The maximum Gasteiger partial charge on any atom is 0.238 e. The fourth-order valence-electron chi connectivity index (χ4n) is 1.82. The molecule has 2 atom stereocenters. The summed E-state index contributed by atoms with van der Waals surface area (Å²) in [6.07, 6.45) is 1.07. The number of amides is 1. The van der Waals surface area contributed by atoms with Crippen LogP contribution in [0.4, 0.5) is 0 Å². The first kappa shape index (κ1) is 10.5. The number of carbonyl (C=O) groups is 1. The van der Waals surface area contributed by atoms with Gasteiger partial charge in [-0.15, -0.1) is 0 Å². The zero-order chi connectivity index (χ0) is 9.84. The zero-order valence-corrected chi connectivity index (χ0v) is 8.42. The fourth-order valence-corrected chi connectivity index (χ4v) is 1.82. The minimum atomic E-state index is -0.115. The summed E-state index contributed by atoms with van der Waals surface area (Å²) in [5.74, 6) is 0.0784. The van der Waals surface area contributed by atoms with E-state index in [1.165, 1.54) is 0 Å². The second-order valence-electron chi connectivity index (χ2n) is 3.66. The van der Waals surface area contributed by atoms with Crippen LogP contribution < -0.4 is 11.1 Å². The molecule has 1 rings (SSSR count). The summed E-state index contributed by atoms with van der Waals surface area (Å²) in [4.78, 5) is 13.7. The Balaban J connectivity index is 2.60. The number of nitrogens with two attached hydrogens (primary N) is 1. The standard InChI is InChI=1S/C9H19N3O/c1-3-4-12-6-7(2)11-9(13)8(12)5-10/h7-8H,3-6,10H2,1-2H3,(H,11,13). The van der Waals surface area contributed by atoms with Gasteiger partial charge in [-0.25, -0.2) is 0 Å². The van der Waals surface area contributed by atoms with Crippen molar-refractivity contribution in [2.75, 3.05) is 19.6 Å². The summed E-state index contributed by atoms with van der Waals surface area (Å²) in [6.45, 7) is 6.43. The van der Waals surface area contributed by atoms with Crippen LogP contribution >= 0.6 is 0 Å². The van der Waals surface area contributed by atoms with E-state index in [0.717, 1.165) is 19.5 Å². The van der Waals surface area contributed by atoms with E-state index in [2.05, 4.69) is 17.1 Å². The lowest BCUT2D eigenvalue weighted by Crippen LogP contribution is -2.61. The molecule has 1 aliphatic heterocycles. The Labute approximate surface area is 79.5 Å². The normalized spacial score (nSPS) is 30.2. The van der Waals surface area contributed by atoms with Crippen molar-refractivity contribution < 1.29 is 4.79 Å². The van der Waals surface area contributed by atoms with Crippen molar-refractivity contribution in [3.8, 4) is 0 Å². The molecule has 1 amide bonds. The van der Waals surface area contributed by atoms with Crippen LogP contribution in [0.1, 0.15) is 20.3 Å². The molecule has 0 saturated carbocycles. The Kier molecular flexibility index (Phi) is 3.69. The first-order chi connectivity index (χ1) is 6.19. The van der Waals surface area contributed by atoms with E-state index in [1.807, 2.05) is 6.92 Å². The summed E-state index contributed by atoms with van der Waals surface area (Å²) in [7, 11) is 0. The molecule has 0 aromatic rings. The monoisotopic (exact) mass is 185 g/mol. The van der Waals surface area contributed by atoms with Gasteiger partial charge in [0.25, 0.3) is 0 Å². The third-order valence-electron chi connectivity index (χ3n) is 2.37. The number of hydrogen-bond donors (Lipinski definition) is 2. The van der Waals surface area contributed by atoms with Gasteiger partial charge < -0.3 is 11.1 Å². The first-order valence-electron chi connectivity index (χ1n) is 4.93. The maximum absolute atomic E-state index is 11.5. The molecule has 0 aromatic carbocycles. The lowest BCUT2D eigenvalue weighted by molar-refractivity contribution is -0.130. The van der Waals surface area contributed by atoms with E-state index < -0.39 is 0 Å². The molecule has 76 valence electrons. The molecular weight excluding hydrogens is 166 g/mol. The van der Waals surface area contributed by atoms with Crippen LogP contribution in [-0.4, -0.2) is 42.5 Å². The summed E-state index contributed by atoms with van der Waals surface area (Å²) in [5, 5.41) is 2.91. The third-order valence-corrected chi connectivity index (χ3v) is 2.37. The second-order valence-corrected chi connectivity index (χ2v) is 3.66. The van der Waals surface area contributed by atoms with Crippen LogP contribution in [0.2, 0.25) is 0 Å². The topological polar surface area (TPSA) is 58.4 Å². The van der Waals surface area contributed by atoms with Crippen LogP contribution in [0.25, 0.3) is 0 Å². The summed E-state index contributed by atoms with van der Waals surface area (Å²) < 4.78 is 0. The van der Waals surface area contributed by atoms with Gasteiger partial charge in [-0.2, -0.15) is 0 Å². The highest BCUT2D eigenvalue weighted by Gasteiger charge is 2.30. The van der Waals surface area contributed by atoms with Gasteiger partial charge in [-0.1, -0.05) is 6.92 Å². The van der Waals surface area contributed by atoms with Gasteiger partial charge in [0.15, 0.2) is 0 Å². The molecule has 1 heterocycles. The maximum atomic E-state index is 11.5. The van der Waals surface area contributed by atoms with Gasteiger partial charge in [-0.3, -0.25) is 9.69 Å². The third kappa shape index (κ3) is 2.42. The molecule has 2 unspecified atom stereocenters. The Morgan fingerprint density at radius 3 is 2.92 bits per heavy atom. The highest BCUT2D eigenvalue weighted by molar-refractivity contribution is 5.83. The summed E-state index contributed by atoms with van der Waals surface area (Å²) >= 11 is 0. The van der Waals surface area contributed by atoms with Crippen LogP contribution in [0.15, 0.2) is 0 Å². The SMILES string of the molecule is CCCN1CC(C)NC(=O)C1CN. The molecule has 0 spiro atoms. The smallest absolute Gasteiger partial charge is 0.238 e. The Morgan fingerprint density at radius 2 is 2.38 bits per heavy atom. The molecule has 1 fully saturated rings. The minimum absolute atomic E-state index is 0.0784. The average molecular weight is 185 g/mol. The molecule has 3 N–H and O–H groups in total. The lowest BCUT2D eigenvalue weighted by Gasteiger charge is -2.37. The second kappa shape index (κ2) is 4.58. The van der Waals surface area contributed by atoms with Gasteiger partial charge in [0.05, 0.1) is 0 Å². The lowest BCUT2D eigenvalue weighted by atomic mass is 10.1. The quantitative estimate of drug-likeness (QED) is 0.626. The highest BCUT2D eigenvalue weighted by Crippen LogP contribution is 2.07. The van der Waals surface area contributed by atoms with Crippen molar-refractivity contribution in [2.45, 2.75) is 32.4 Å². The predicted molar refractivity (Wildman–Crippen MR) is 52.3 cm³/mol. The first-order valence-corrected chi connectivity index (χ1v) is 4.93. The molecule has 0 aromatic heterocycles. The van der Waals surface area contributed by atoms with Gasteiger partial charge in [0, 0.05) is 19.1 Å². The molecule has 13 heavy (non-hydrogen) atoms. The van der Waals surface area contributed by atoms with Crippen molar-refractivity contribution in [1.29, 1.82) is 0 Å². The predicted octanol–water partition coefficient (Wildman–Crippen LogP) is -0.456. The summed E-state index contributed by atoms with van der Waals surface area (Å²) in [5.41, 5.74) is 5.56.